The summed E-state index contributed by atoms with van der Waals surface area (Å²) < 4.78 is 15.5. The fraction of sp³-hybridized carbons (Fsp3) is 0.250. The minimum atomic E-state index is -0.206. The van der Waals surface area contributed by atoms with Gasteiger partial charge >= 0.3 is 0 Å². The molecule has 0 fully saturated rings. The van der Waals surface area contributed by atoms with Crippen LogP contribution in [-0.4, -0.2) is 10.7 Å². The van der Waals surface area contributed by atoms with Crippen LogP contribution in [0.4, 0.5) is 4.39 Å². The Kier molecular flexibility index (Phi) is 6.48. The Balaban J connectivity index is 2.42. The number of benzene rings is 2. The summed E-state index contributed by atoms with van der Waals surface area (Å²) in [6.45, 7) is 0. The van der Waals surface area contributed by atoms with E-state index in [-0.39, 0.29) is 11.2 Å². The molecule has 0 unspecified atom stereocenters. The molecule has 0 radical (unpaired) electrons. The second kappa shape index (κ2) is 7.71. The molecule has 0 saturated carbocycles. The Morgan fingerprint density at radius 2 is 1.52 bits per heavy atom. The third-order valence-electron chi connectivity index (χ3n) is 3.50. The Bertz CT molecular complexity index is 606. The van der Waals surface area contributed by atoms with Crippen LogP contribution in [0.2, 0.25) is 0 Å². The second-order valence-corrected chi connectivity index (χ2v) is 7.86. The number of hydrogen-bond donors (Lipinski definition) is 0. The third-order valence-corrected chi connectivity index (χ3v) is 6.95. The summed E-state index contributed by atoms with van der Waals surface area (Å²) in [7, 11) is 0. The smallest absolute Gasteiger partial charge is 0.123 e. The molecule has 0 aliphatic carbocycles. The Labute approximate surface area is 158 Å². The molecular weight excluding hydrogens is 531 g/mol. The van der Waals surface area contributed by atoms with E-state index in [4.69, 9.17) is 0 Å². The molecule has 0 heterocycles. The lowest BCUT2D eigenvalue weighted by molar-refractivity contribution is 0.545. The maximum Gasteiger partial charge on any atom is 0.123 e. The largest absolute Gasteiger partial charge is 0.207 e. The highest BCUT2D eigenvalue weighted by atomic mass is 79.9. The summed E-state index contributed by atoms with van der Waals surface area (Å²) in [5, 5.41) is 1.58. The zero-order chi connectivity index (χ0) is 15.5. The van der Waals surface area contributed by atoms with Crippen molar-refractivity contribution in [3.8, 4) is 0 Å². The molecule has 0 aromatic heterocycles. The van der Waals surface area contributed by atoms with E-state index in [9.17, 15) is 4.39 Å². The van der Waals surface area contributed by atoms with Crippen molar-refractivity contribution in [1.29, 1.82) is 0 Å². The zero-order valence-corrected chi connectivity index (χ0v) is 17.4. The van der Waals surface area contributed by atoms with Crippen molar-refractivity contribution in [2.75, 3.05) is 10.7 Å². The number of alkyl halides is 2. The van der Waals surface area contributed by atoms with Gasteiger partial charge in [-0.15, -0.1) is 0 Å². The van der Waals surface area contributed by atoms with Gasteiger partial charge in [0.05, 0.1) is 0 Å². The molecule has 0 bridgehead atoms. The van der Waals surface area contributed by atoms with Gasteiger partial charge in [0, 0.05) is 25.0 Å². The molecule has 2 aromatic carbocycles. The van der Waals surface area contributed by atoms with E-state index in [1.165, 1.54) is 11.6 Å². The summed E-state index contributed by atoms with van der Waals surface area (Å²) >= 11 is 14.3. The molecular formula is C16H13Br4F. The first-order valence-corrected chi connectivity index (χ1v) is 10.2. The Morgan fingerprint density at radius 1 is 0.905 bits per heavy atom. The normalized spacial score (nSPS) is 11.7. The quantitative estimate of drug-likeness (QED) is 0.372. The lowest BCUT2D eigenvalue weighted by atomic mass is 9.79. The van der Waals surface area contributed by atoms with E-state index in [0.29, 0.717) is 0 Å². The molecule has 112 valence electrons. The van der Waals surface area contributed by atoms with E-state index in [0.717, 1.165) is 31.6 Å². The molecule has 0 aliphatic heterocycles. The highest BCUT2D eigenvalue weighted by molar-refractivity contribution is 9.11. The first-order chi connectivity index (χ1) is 10.0. The number of halogens is 5. The van der Waals surface area contributed by atoms with Crippen molar-refractivity contribution in [3.63, 3.8) is 0 Å². The van der Waals surface area contributed by atoms with E-state index in [1.807, 2.05) is 12.1 Å². The topological polar surface area (TPSA) is 0 Å². The van der Waals surface area contributed by atoms with Crippen molar-refractivity contribution in [3.05, 3.63) is 68.4 Å². The van der Waals surface area contributed by atoms with E-state index in [1.54, 1.807) is 12.1 Å². The maximum absolute atomic E-state index is 13.5. The lowest BCUT2D eigenvalue weighted by Gasteiger charge is -2.31. The van der Waals surface area contributed by atoms with E-state index in [2.05, 4.69) is 75.9 Å². The molecule has 2 aromatic rings. The molecule has 0 atom stereocenters. The van der Waals surface area contributed by atoms with Gasteiger partial charge in [-0.1, -0.05) is 75.9 Å². The lowest BCUT2D eigenvalue weighted by Crippen LogP contribution is -2.33. The first kappa shape index (κ1) is 17.6. The highest BCUT2D eigenvalue weighted by Crippen LogP contribution is 2.35. The van der Waals surface area contributed by atoms with Gasteiger partial charge < -0.3 is 0 Å². The molecule has 0 amide bonds. The van der Waals surface area contributed by atoms with Crippen molar-refractivity contribution < 1.29 is 4.39 Å². The molecule has 0 nitrogen and oxygen atoms in total. The van der Waals surface area contributed by atoms with Crippen molar-refractivity contribution in [2.45, 2.75) is 11.8 Å². The molecule has 0 aliphatic rings. The summed E-state index contributed by atoms with van der Waals surface area (Å²) in [6.07, 6.45) is 0.740. The van der Waals surface area contributed by atoms with Crippen LogP contribution in [0, 0.1) is 5.82 Å². The summed E-state index contributed by atoms with van der Waals surface area (Å²) in [6, 6.07) is 13.1. The van der Waals surface area contributed by atoms with Crippen LogP contribution in [-0.2, 0) is 11.8 Å². The summed E-state index contributed by atoms with van der Waals surface area (Å²) in [5.41, 5.74) is 2.06. The van der Waals surface area contributed by atoms with Gasteiger partial charge in [-0.05, 0) is 47.9 Å². The third kappa shape index (κ3) is 4.18. The van der Waals surface area contributed by atoms with Gasteiger partial charge in [-0.3, -0.25) is 0 Å². The SMILES string of the molecule is Fc1ccc(Br)c(CC(CBr)(CBr)c2ccc(Br)cc2)c1. The van der Waals surface area contributed by atoms with Gasteiger partial charge in [0.2, 0.25) is 0 Å². The van der Waals surface area contributed by atoms with Crippen LogP contribution in [0.3, 0.4) is 0 Å². The summed E-state index contributed by atoms with van der Waals surface area (Å²) in [5.74, 6) is -0.206. The summed E-state index contributed by atoms with van der Waals surface area (Å²) in [4.78, 5) is 0. The van der Waals surface area contributed by atoms with Gasteiger partial charge in [-0.2, -0.15) is 0 Å². The van der Waals surface area contributed by atoms with Gasteiger partial charge in [0.1, 0.15) is 5.82 Å². The minimum Gasteiger partial charge on any atom is -0.207 e. The Hall–Kier alpha value is 0.290. The van der Waals surface area contributed by atoms with Crippen LogP contribution in [0.15, 0.2) is 51.4 Å². The standard InChI is InChI=1S/C16H13Br4F/c17-9-16(10-18,12-1-3-13(19)4-2-12)8-11-7-14(21)5-6-15(11)20/h1-7H,8-10H2. The molecule has 0 saturated heterocycles. The second-order valence-electron chi connectivity index (χ2n) is 4.97. The van der Waals surface area contributed by atoms with Gasteiger partial charge in [0.25, 0.3) is 0 Å². The average molecular weight is 544 g/mol. The van der Waals surface area contributed by atoms with Crippen molar-refractivity contribution >= 4 is 63.7 Å². The monoisotopic (exact) mass is 540 g/mol. The molecule has 21 heavy (non-hydrogen) atoms. The fourth-order valence-electron chi connectivity index (χ4n) is 2.23. The van der Waals surface area contributed by atoms with Crippen LogP contribution in [0.5, 0.6) is 0 Å². The van der Waals surface area contributed by atoms with Crippen molar-refractivity contribution in [2.24, 2.45) is 0 Å². The van der Waals surface area contributed by atoms with E-state index < -0.39 is 0 Å². The average Bonchev–Trinajstić information content (AvgIpc) is 2.49. The number of rotatable bonds is 5. The first-order valence-electron chi connectivity index (χ1n) is 6.33. The molecule has 0 N–H and O–H groups in total. The predicted octanol–water partition coefficient (Wildman–Crippen LogP) is 6.62. The predicted molar refractivity (Wildman–Crippen MR) is 101 cm³/mol. The maximum atomic E-state index is 13.5. The zero-order valence-electron chi connectivity index (χ0n) is 11.1. The van der Waals surface area contributed by atoms with Gasteiger partial charge in [-0.25, -0.2) is 4.39 Å². The van der Waals surface area contributed by atoms with Crippen molar-refractivity contribution in [1.82, 2.24) is 0 Å². The van der Waals surface area contributed by atoms with E-state index >= 15 is 0 Å². The molecule has 2 rings (SSSR count). The van der Waals surface area contributed by atoms with Gasteiger partial charge in [0.15, 0.2) is 0 Å². The number of hydrogen-bond acceptors (Lipinski definition) is 0. The molecule has 0 spiro atoms. The molecule has 5 heteroatoms. The minimum absolute atomic E-state index is 0.128. The van der Waals surface area contributed by atoms with Crippen LogP contribution >= 0.6 is 63.7 Å². The fourth-order valence-corrected chi connectivity index (χ4v) is 4.86. The highest BCUT2D eigenvalue weighted by Gasteiger charge is 2.31. The van der Waals surface area contributed by atoms with Crippen LogP contribution in [0.1, 0.15) is 11.1 Å². The van der Waals surface area contributed by atoms with Crippen LogP contribution in [0.25, 0.3) is 0 Å². The Morgan fingerprint density at radius 3 is 2.10 bits per heavy atom. The van der Waals surface area contributed by atoms with Crippen LogP contribution < -0.4 is 0 Å².